The van der Waals surface area contributed by atoms with Gasteiger partial charge >= 0.3 is 5.97 Å². The fourth-order valence-corrected chi connectivity index (χ4v) is 4.86. The first kappa shape index (κ1) is 22.9. The van der Waals surface area contributed by atoms with Gasteiger partial charge in [-0.1, -0.05) is 60.4 Å². The molecular formula is C22H22N2O5S2. The van der Waals surface area contributed by atoms with Crippen LogP contribution in [0.15, 0.2) is 46.9 Å². The lowest BCUT2D eigenvalue weighted by Crippen LogP contribution is -2.44. The van der Waals surface area contributed by atoms with E-state index in [0.717, 1.165) is 27.8 Å². The van der Waals surface area contributed by atoms with Crippen LogP contribution in [0, 0.1) is 0 Å². The van der Waals surface area contributed by atoms with Crippen molar-refractivity contribution in [3.8, 4) is 0 Å². The van der Waals surface area contributed by atoms with Crippen LogP contribution in [0.2, 0.25) is 0 Å². The number of thioether (sulfide) groups is 1. The Morgan fingerprint density at radius 3 is 2.61 bits per heavy atom. The second-order valence-electron chi connectivity index (χ2n) is 7.31. The van der Waals surface area contributed by atoms with Crippen LogP contribution in [0.25, 0.3) is 6.08 Å². The summed E-state index contributed by atoms with van der Waals surface area (Å²) in [5.41, 5.74) is 1.86. The number of aliphatic carboxylic acids is 1. The number of carboxylic acids is 1. The predicted molar refractivity (Wildman–Crippen MR) is 122 cm³/mol. The molecule has 1 atom stereocenters. The largest absolute Gasteiger partial charge is 0.481 e. The lowest BCUT2D eigenvalue weighted by molar-refractivity contribution is -0.141. The number of unbranched alkanes of at least 4 members (excludes halogenated alkanes) is 1. The summed E-state index contributed by atoms with van der Waals surface area (Å²) in [5.74, 6) is -2.13. The number of carbonyl (C=O) groups is 4. The third-order valence-electron chi connectivity index (χ3n) is 4.93. The van der Waals surface area contributed by atoms with E-state index < -0.39 is 17.9 Å². The van der Waals surface area contributed by atoms with Crippen molar-refractivity contribution in [2.24, 2.45) is 0 Å². The molecule has 0 aromatic heterocycles. The highest BCUT2D eigenvalue weighted by atomic mass is 32.2. The second-order valence-corrected chi connectivity index (χ2v) is 8.98. The number of hydrogen-bond acceptors (Lipinski definition) is 6. The minimum Gasteiger partial charge on any atom is -0.481 e. The average Bonchev–Trinajstić information content (AvgIpc) is 3.14. The zero-order valence-electron chi connectivity index (χ0n) is 16.9. The second kappa shape index (κ2) is 10.0. The van der Waals surface area contributed by atoms with Gasteiger partial charge in [0.15, 0.2) is 0 Å². The third kappa shape index (κ3) is 5.48. The van der Waals surface area contributed by atoms with E-state index in [-0.39, 0.29) is 35.5 Å². The number of carboxylic acid groups (broad SMARTS) is 1. The monoisotopic (exact) mass is 458 g/mol. The standard InChI is InChI=1S/C22H22N2O5S2/c1-14(11-15-7-3-2-4-8-15)12-17-21(29)24(22(30)31-17)16-13-18(25)23(20(16)28)10-6-5-9-19(26)27/h2-4,7-8,11-12,16H,5-6,9-10,13H2,1H3,(H,26,27)/b14-11+,17-12-. The van der Waals surface area contributed by atoms with E-state index in [0.29, 0.717) is 17.7 Å². The molecule has 162 valence electrons. The van der Waals surface area contributed by atoms with Crippen molar-refractivity contribution in [2.45, 2.75) is 38.6 Å². The van der Waals surface area contributed by atoms with Crippen LogP contribution >= 0.6 is 24.0 Å². The SMILES string of the molecule is CC(/C=C1\SC(=S)N(C2CC(=O)N(CCCCC(=O)O)C2=O)C1=O)=C\c1ccccc1. The molecule has 1 unspecified atom stereocenters. The number of carbonyl (C=O) groups excluding carboxylic acids is 3. The molecule has 0 radical (unpaired) electrons. The molecule has 7 nitrogen and oxygen atoms in total. The lowest BCUT2D eigenvalue weighted by atomic mass is 10.1. The quantitative estimate of drug-likeness (QED) is 0.277. The molecule has 1 aromatic carbocycles. The molecule has 31 heavy (non-hydrogen) atoms. The first-order valence-corrected chi connectivity index (χ1v) is 11.1. The third-order valence-corrected chi connectivity index (χ3v) is 6.26. The molecule has 2 fully saturated rings. The van der Waals surface area contributed by atoms with Crippen LogP contribution < -0.4 is 0 Å². The molecule has 0 spiro atoms. The molecule has 0 saturated carbocycles. The van der Waals surface area contributed by atoms with Gasteiger partial charge in [-0.05, 0) is 37.0 Å². The first-order valence-electron chi connectivity index (χ1n) is 9.84. The minimum absolute atomic E-state index is 0.0189. The molecule has 3 rings (SSSR count). The van der Waals surface area contributed by atoms with E-state index in [1.807, 2.05) is 43.3 Å². The summed E-state index contributed by atoms with van der Waals surface area (Å²) < 4.78 is 0.252. The lowest BCUT2D eigenvalue weighted by Gasteiger charge is -2.21. The average molecular weight is 459 g/mol. The van der Waals surface area contributed by atoms with Crippen molar-refractivity contribution in [3.63, 3.8) is 0 Å². The number of hydrogen-bond donors (Lipinski definition) is 1. The van der Waals surface area contributed by atoms with Crippen molar-refractivity contribution >= 4 is 58.1 Å². The summed E-state index contributed by atoms with van der Waals surface area (Å²) in [4.78, 5) is 51.4. The van der Waals surface area contributed by atoms with Gasteiger partial charge in [-0.2, -0.15) is 0 Å². The van der Waals surface area contributed by atoms with Crippen molar-refractivity contribution < 1.29 is 24.3 Å². The molecular weight excluding hydrogens is 436 g/mol. The molecule has 2 aliphatic heterocycles. The summed E-state index contributed by atoms with van der Waals surface area (Å²) in [6.45, 7) is 2.02. The van der Waals surface area contributed by atoms with Gasteiger partial charge in [0.25, 0.3) is 11.8 Å². The van der Waals surface area contributed by atoms with E-state index in [9.17, 15) is 19.2 Å². The van der Waals surface area contributed by atoms with E-state index in [1.54, 1.807) is 6.08 Å². The van der Waals surface area contributed by atoms with Crippen LogP contribution in [-0.4, -0.2) is 55.5 Å². The Bertz CT molecular complexity index is 987. The number of rotatable bonds is 8. The van der Waals surface area contributed by atoms with Gasteiger partial charge in [0, 0.05) is 13.0 Å². The summed E-state index contributed by atoms with van der Waals surface area (Å²) in [6.07, 6.45) is 4.31. The van der Waals surface area contributed by atoms with Crippen LogP contribution in [0.5, 0.6) is 0 Å². The van der Waals surface area contributed by atoms with E-state index in [2.05, 4.69) is 0 Å². The highest BCUT2D eigenvalue weighted by Gasteiger charge is 2.48. The Morgan fingerprint density at radius 1 is 1.23 bits per heavy atom. The van der Waals surface area contributed by atoms with Gasteiger partial charge in [0.05, 0.1) is 11.3 Å². The molecule has 0 bridgehead atoms. The molecule has 1 N–H and O–H groups in total. The molecule has 2 aliphatic rings. The van der Waals surface area contributed by atoms with Crippen molar-refractivity contribution in [2.75, 3.05) is 6.54 Å². The van der Waals surface area contributed by atoms with Crippen molar-refractivity contribution in [3.05, 3.63) is 52.4 Å². The van der Waals surface area contributed by atoms with E-state index >= 15 is 0 Å². The molecule has 2 heterocycles. The van der Waals surface area contributed by atoms with Gasteiger partial charge in [-0.15, -0.1) is 0 Å². The number of nitrogens with zero attached hydrogens (tertiary/aromatic N) is 2. The zero-order chi connectivity index (χ0) is 22.5. The minimum atomic E-state index is -0.941. The normalized spacial score (nSPS) is 21.0. The number of imide groups is 1. The van der Waals surface area contributed by atoms with Crippen LogP contribution in [0.4, 0.5) is 0 Å². The van der Waals surface area contributed by atoms with Gasteiger partial charge in [-0.25, -0.2) is 0 Å². The predicted octanol–water partition coefficient (Wildman–Crippen LogP) is 3.22. The summed E-state index contributed by atoms with van der Waals surface area (Å²) in [7, 11) is 0. The Balaban J connectivity index is 1.69. The topological polar surface area (TPSA) is 95.0 Å². The highest BCUT2D eigenvalue weighted by molar-refractivity contribution is 8.26. The summed E-state index contributed by atoms with van der Waals surface area (Å²) in [6, 6.07) is 8.74. The van der Waals surface area contributed by atoms with Crippen LogP contribution in [0.1, 0.15) is 38.2 Å². The van der Waals surface area contributed by atoms with Crippen LogP contribution in [-0.2, 0) is 19.2 Å². The first-order chi connectivity index (χ1) is 14.8. The Labute approximate surface area is 189 Å². The van der Waals surface area contributed by atoms with Crippen molar-refractivity contribution in [1.82, 2.24) is 9.80 Å². The van der Waals surface area contributed by atoms with Crippen LogP contribution in [0.3, 0.4) is 0 Å². The number of amides is 3. The molecule has 1 aromatic rings. The van der Waals surface area contributed by atoms with Crippen molar-refractivity contribution in [1.29, 1.82) is 0 Å². The number of allylic oxidation sites excluding steroid dienone is 2. The number of benzene rings is 1. The van der Waals surface area contributed by atoms with Gasteiger partial charge < -0.3 is 5.11 Å². The highest BCUT2D eigenvalue weighted by Crippen LogP contribution is 2.36. The van der Waals surface area contributed by atoms with Gasteiger partial charge in [-0.3, -0.25) is 29.0 Å². The Morgan fingerprint density at radius 2 is 1.94 bits per heavy atom. The Hall–Kier alpha value is -2.78. The fraction of sp³-hybridized carbons (Fsp3) is 0.318. The van der Waals surface area contributed by atoms with E-state index in [1.165, 1.54) is 4.90 Å². The summed E-state index contributed by atoms with van der Waals surface area (Å²) in [5, 5.41) is 8.71. The van der Waals surface area contributed by atoms with E-state index in [4.69, 9.17) is 17.3 Å². The maximum absolute atomic E-state index is 13.0. The maximum Gasteiger partial charge on any atom is 0.303 e. The molecule has 2 saturated heterocycles. The molecule has 3 amide bonds. The van der Waals surface area contributed by atoms with Gasteiger partial charge in [0.1, 0.15) is 10.4 Å². The smallest absolute Gasteiger partial charge is 0.303 e. The Kier molecular flexibility index (Phi) is 7.40. The molecule has 9 heteroatoms. The molecule has 0 aliphatic carbocycles. The zero-order valence-corrected chi connectivity index (χ0v) is 18.6. The maximum atomic E-state index is 13.0. The number of likely N-dealkylation sites (tertiary alicyclic amines) is 1. The fourth-order valence-electron chi connectivity index (χ4n) is 3.46. The summed E-state index contributed by atoms with van der Waals surface area (Å²) >= 11 is 6.46. The van der Waals surface area contributed by atoms with Gasteiger partial charge in [0.2, 0.25) is 5.91 Å². The number of thiocarbonyl (C=S) groups is 1.